The molecule has 12 heavy (non-hydrogen) atoms. The van der Waals surface area contributed by atoms with Gasteiger partial charge in [-0.1, -0.05) is 18.7 Å². The third kappa shape index (κ3) is 2.87. The van der Waals surface area contributed by atoms with Crippen molar-refractivity contribution in [3.05, 3.63) is 0 Å². The summed E-state index contributed by atoms with van der Waals surface area (Å²) in [7, 11) is 0. The zero-order valence-electron chi connectivity index (χ0n) is 6.39. The van der Waals surface area contributed by atoms with Crippen LogP contribution in [0.4, 0.5) is 0 Å². The summed E-state index contributed by atoms with van der Waals surface area (Å²) in [5.74, 6) is -0.821. The molecule has 0 aliphatic carbocycles. The van der Waals surface area contributed by atoms with E-state index < -0.39 is 5.97 Å². The van der Waals surface area contributed by atoms with Crippen molar-refractivity contribution >= 4 is 17.7 Å². The summed E-state index contributed by atoms with van der Waals surface area (Å²) in [4.78, 5) is 10.3. The number of carboxylic acids is 1. The van der Waals surface area contributed by atoms with E-state index in [0.717, 1.165) is 0 Å². The highest BCUT2D eigenvalue weighted by atomic mass is 32.2. The first-order chi connectivity index (χ1) is 5.68. The lowest BCUT2D eigenvalue weighted by Gasteiger charge is -2.02. The number of aromatic nitrogens is 4. The SMILES string of the molecule is CC(CC(=O)O)Sc1nn[nH]n1. The van der Waals surface area contributed by atoms with E-state index in [1.807, 2.05) is 0 Å². The van der Waals surface area contributed by atoms with Crippen molar-refractivity contribution in [3.63, 3.8) is 0 Å². The number of carboxylic acid groups (broad SMARTS) is 1. The predicted octanol–water partition coefficient (Wildman–Crippen LogP) is 0.155. The molecule has 1 rings (SSSR count). The summed E-state index contributed by atoms with van der Waals surface area (Å²) >= 11 is 1.28. The van der Waals surface area contributed by atoms with Gasteiger partial charge in [0.1, 0.15) is 0 Å². The van der Waals surface area contributed by atoms with Crippen molar-refractivity contribution in [2.24, 2.45) is 0 Å². The van der Waals surface area contributed by atoms with Gasteiger partial charge in [0.05, 0.1) is 6.42 Å². The molecule has 0 amide bonds. The Morgan fingerprint density at radius 1 is 1.83 bits per heavy atom. The lowest BCUT2D eigenvalue weighted by Crippen LogP contribution is -2.05. The summed E-state index contributed by atoms with van der Waals surface area (Å²) in [6, 6.07) is 0. The number of hydrogen-bond donors (Lipinski definition) is 2. The van der Waals surface area contributed by atoms with Gasteiger partial charge in [0.25, 0.3) is 0 Å². The monoisotopic (exact) mass is 188 g/mol. The third-order valence-corrected chi connectivity index (χ3v) is 2.05. The van der Waals surface area contributed by atoms with Gasteiger partial charge < -0.3 is 5.11 Å². The molecule has 1 atom stereocenters. The van der Waals surface area contributed by atoms with Crippen LogP contribution in [-0.4, -0.2) is 36.9 Å². The first-order valence-corrected chi connectivity index (χ1v) is 4.18. The number of thioether (sulfide) groups is 1. The molecule has 0 fully saturated rings. The Bertz CT molecular complexity index is 250. The Hall–Kier alpha value is -1.11. The molecule has 1 aromatic heterocycles. The minimum atomic E-state index is -0.821. The smallest absolute Gasteiger partial charge is 0.304 e. The van der Waals surface area contributed by atoms with Crippen molar-refractivity contribution in [1.82, 2.24) is 20.6 Å². The molecule has 0 saturated carbocycles. The van der Waals surface area contributed by atoms with Crippen LogP contribution in [0.1, 0.15) is 13.3 Å². The van der Waals surface area contributed by atoms with E-state index in [4.69, 9.17) is 5.11 Å². The van der Waals surface area contributed by atoms with Crippen molar-refractivity contribution in [1.29, 1.82) is 0 Å². The molecule has 0 aromatic carbocycles. The number of rotatable bonds is 4. The van der Waals surface area contributed by atoms with E-state index in [1.165, 1.54) is 11.8 Å². The van der Waals surface area contributed by atoms with E-state index >= 15 is 0 Å². The molecule has 1 aromatic rings. The van der Waals surface area contributed by atoms with Crippen LogP contribution in [0.25, 0.3) is 0 Å². The number of H-pyrrole nitrogens is 1. The molecule has 0 aliphatic heterocycles. The quantitative estimate of drug-likeness (QED) is 0.654. The second-order valence-corrected chi connectivity index (χ2v) is 3.63. The van der Waals surface area contributed by atoms with E-state index in [0.29, 0.717) is 5.16 Å². The van der Waals surface area contributed by atoms with Gasteiger partial charge in [-0.3, -0.25) is 4.79 Å². The molecule has 7 heteroatoms. The number of nitrogens with one attached hydrogen (secondary N) is 1. The fraction of sp³-hybridized carbons (Fsp3) is 0.600. The summed E-state index contributed by atoms with van der Waals surface area (Å²) in [5.41, 5.74) is 0. The molecular weight excluding hydrogens is 180 g/mol. The summed E-state index contributed by atoms with van der Waals surface area (Å²) in [6.45, 7) is 1.80. The maximum absolute atomic E-state index is 10.3. The number of tetrazole rings is 1. The standard InChI is InChI=1S/C5H8N4O2S/c1-3(2-4(10)11)12-5-6-8-9-7-5/h3H,2H2,1H3,(H,10,11)(H,6,7,8,9). The van der Waals surface area contributed by atoms with Gasteiger partial charge in [0.2, 0.25) is 5.16 Å². The highest BCUT2D eigenvalue weighted by Crippen LogP contribution is 2.19. The van der Waals surface area contributed by atoms with Crippen LogP contribution in [0.3, 0.4) is 0 Å². The first-order valence-electron chi connectivity index (χ1n) is 3.30. The number of nitrogens with zero attached hydrogens (tertiary/aromatic N) is 3. The predicted molar refractivity (Wildman–Crippen MR) is 41.7 cm³/mol. The Labute approximate surface area is 72.7 Å². The van der Waals surface area contributed by atoms with Gasteiger partial charge in [-0.25, -0.2) is 0 Å². The van der Waals surface area contributed by atoms with E-state index in [1.54, 1.807) is 6.92 Å². The minimum Gasteiger partial charge on any atom is -0.481 e. The molecule has 0 bridgehead atoms. The van der Waals surface area contributed by atoms with Gasteiger partial charge in [0.15, 0.2) is 0 Å². The molecule has 1 heterocycles. The van der Waals surface area contributed by atoms with Crippen LogP contribution in [-0.2, 0) is 4.79 Å². The zero-order chi connectivity index (χ0) is 8.97. The maximum atomic E-state index is 10.3. The van der Waals surface area contributed by atoms with Gasteiger partial charge >= 0.3 is 5.97 Å². The lowest BCUT2D eigenvalue weighted by molar-refractivity contribution is -0.136. The molecule has 66 valence electrons. The normalized spacial score (nSPS) is 12.8. The Balaban J connectivity index is 2.36. The highest BCUT2D eigenvalue weighted by Gasteiger charge is 2.11. The Morgan fingerprint density at radius 3 is 3.08 bits per heavy atom. The molecule has 6 nitrogen and oxygen atoms in total. The number of aliphatic carboxylic acids is 1. The molecule has 1 unspecified atom stereocenters. The molecule has 2 N–H and O–H groups in total. The highest BCUT2D eigenvalue weighted by molar-refractivity contribution is 7.99. The van der Waals surface area contributed by atoms with E-state index in [-0.39, 0.29) is 11.7 Å². The maximum Gasteiger partial charge on any atom is 0.304 e. The van der Waals surface area contributed by atoms with Gasteiger partial charge in [0, 0.05) is 5.25 Å². The Morgan fingerprint density at radius 2 is 2.58 bits per heavy atom. The van der Waals surface area contributed by atoms with Gasteiger partial charge in [-0.2, -0.15) is 5.21 Å². The van der Waals surface area contributed by atoms with Crippen LogP contribution in [0.15, 0.2) is 5.16 Å². The van der Waals surface area contributed by atoms with Crippen molar-refractivity contribution < 1.29 is 9.90 Å². The van der Waals surface area contributed by atoms with Crippen molar-refractivity contribution in [2.75, 3.05) is 0 Å². The minimum absolute atomic E-state index is 0.0416. The lowest BCUT2D eigenvalue weighted by atomic mass is 10.3. The van der Waals surface area contributed by atoms with Crippen LogP contribution < -0.4 is 0 Å². The second-order valence-electron chi connectivity index (χ2n) is 2.22. The van der Waals surface area contributed by atoms with Crippen LogP contribution in [0.5, 0.6) is 0 Å². The number of hydrogen-bond acceptors (Lipinski definition) is 5. The largest absolute Gasteiger partial charge is 0.481 e. The average Bonchev–Trinajstić information content (AvgIpc) is 2.37. The number of carbonyl (C=O) groups is 1. The topological polar surface area (TPSA) is 91.8 Å². The zero-order valence-corrected chi connectivity index (χ0v) is 7.21. The molecule has 0 saturated heterocycles. The van der Waals surface area contributed by atoms with Gasteiger partial charge in [-0.05, 0) is 5.21 Å². The second kappa shape index (κ2) is 4.05. The third-order valence-electron chi connectivity index (χ3n) is 1.09. The first kappa shape index (κ1) is 8.98. The van der Waals surface area contributed by atoms with E-state index in [2.05, 4.69) is 20.6 Å². The Kier molecular flexibility index (Phi) is 3.03. The van der Waals surface area contributed by atoms with Gasteiger partial charge in [-0.15, -0.1) is 10.2 Å². The summed E-state index contributed by atoms with van der Waals surface area (Å²) in [6.07, 6.45) is 0.0964. The van der Waals surface area contributed by atoms with Crippen LogP contribution in [0, 0.1) is 0 Å². The van der Waals surface area contributed by atoms with Crippen molar-refractivity contribution in [3.8, 4) is 0 Å². The molecule has 0 radical (unpaired) electrons. The molecule has 0 aliphatic rings. The summed E-state index contributed by atoms with van der Waals surface area (Å²) < 4.78 is 0. The van der Waals surface area contributed by atoms with Crippen LogP contribution in [0.2, 0.25) is 0 Å². The molecule has 0 spiro atoms. The molecular formula is C5H8N4O2S. The fourth-order valence-electron chi connectivity index (χ4n) is 0.670. The van der Waals surface area contributed by atoms with Crippen molar-refractivity contribution in [2.45, 2.75) is 23.8 Å². The number of aromatic amines is 1. The van der Waals surface area contributed by atoms with E-state index in [9.17, 15) is 4.79 Å². The summed E-state index contributed by atoms with van der Waals surface area (Å²) in [5, 5.41) is 21.9. The average molecular weight is 188 g/mol. The fourth-order valence-corrected chi connectivity index (χ4v) is 1.44. The van der Waals surface area contributed by atoms with Crippen LogP contribution >= 0.6 is 11.8 Å².